The van der Waals surface area contributed by atoms with Gasteiger partial charge in [-0.05, 0) is 12.1 Å². The molecule has 0 saturated carbocycles. The van der Waals surface area contributed by atoms with Crippen LogP contribution in [-0.4, -0.2) is 27.3 Å². The van der Waals surface area contributed by atoms with Crippen molar-refractivity contribution in [2.45, 2.75) is 6.29 Å². The number of ether oxygens (including phenoxy) is 4. The van der Waals surface area contributed by atoms with E-state index in [0.29, 0.717) is 22.6 Å². The molecule has 0 spiro atoms. The van der Waals surface area contributed by atoms with Gasteiger partial charge in [0.1, 0.15) is 17.1 Å². The molecule has 1 heterocycles. The molecule has 86 valence electrons. The van der Waals surface area contributed by atoms with Crippen molar-refractivity contribution in [3.05, 3.63) is 23.3 Å². The summed E-state index contributed by atoms with van der Waals surface area (Å²) in [6.45, 7) is 0. The van der Waals surface area contributed by atoms with E-state index in [4.69, 9.17) is 18.9 Å². The Morgan fingerprint density at radius 2 is 1.75 bits per heavy atom. The lowest BCUT2D eigenvalue weighted by Crippen LogP contribution is -2.01. The first-order valence-corrected chi connectivity index (χ1v) is 4.71. The van der Waals surface area contributed by atoms with Gasteiger partial charge in [0.05, 0.1) is 19.8 Å². The number of hydrogen-bond acceptors (Lipinski definition) is 5. The average molecular weight is 224 g/mol. The molecule has 0 saturated heterocycles. The molecule has 0 N–H and O–H groups in total. The van der Waals surface area contributed by atoms with Crippen molar-refractivity contribution in [2.24, 2.45) is 0 Å². The van der Waals surface area contributed by atoms with Crippen LogP contribution >= 0.6 is 0 Å². The third-order valence-electron chi connectivity index (χ3n) is 2.48. The van der Waals surface area contributed by atoms with Crippen molar-refractivity contribution in [2.75, 3.05) is 21.3 Å². The van der Waals surface area contributed by atoms with Gasteiger partial charge in [0, 0.05) is 7.11 Å². The van der Waals surface area contributed by atoms with Gasteiger partial charge in [0.15, 0.2) is 0 Å². The first-order valence-electron chi connectivity index (χ1n) is 4.71. The van der Waals surface area contributed by atoms with Crippen molar-refractivity contribution < 1.29 is 23.7 Å². The highest BCUT2D eigenvalue weighted by Gasteiger charge is 2.37. The Morgan fingerprint density at radius 1 is 1.12 bits per heavy atom. The maximum atomic E-state index is 11.6. The minimum Gasteiger partial charge on any atom is -0.496 e. The van der Waals surface area contributed by atoms with Crippen LogP contribution in [0.2, 0.25) is 0 Å². The zero-order valence-corrected chi connectivity index (χ0v) is 9.27. The zero-order valence-electron chi connectivity index (χ0n) is 9.27. The van der Waals surface area contributed by atoms with E-state index in [1.807, 2.05) is 0 Å². The van der Waals surface area contributed by atoms with Crippen molar-refractivity contribution in [3.8, 4) is 11.5 Å². The predicted molar refractivity (Wildman–Crippen MR) is 54.7 cm³/mol. The molecule has 0 bridgehead atoms. The lowest BCUT2D eigenvalue weighted by atomic mass is 10.1. The Labute approximate surface area is 92.9 Å². The molecular weight excluding hydrogens is 212 g/mol. The Balaban J connectivity index is 2.64. The Kier molecular flexibility index (Phi) is 2.70. The maximum absolute atomic E-state index is 11.6. The lowest BCUT2D eigenvalue weighted by Gasteiger charge is -2.12. The molecule has 0 aliphatic carbocycles. The summed E-state index contributed by atoms with van der Waals surface area (Å²) in [4.78, 5) is 11.6. The van der Waals surface area contributed by atoms with Gasteiger partial charge in [-0.1, -0.05) is 0 Å². The van der Waals surface area contributed by atoms with E-state index in [0.717, 1.165) is 0 Å². The predicted octanol–water partition coefficient (Wildman–Crippen LogP) is 1.52. The number of cyclic esters (lactones) is 1. The van der Waals surface area contributed by atoms with E-state index in [1.165, 1.54) is 21.3 Å². The number of benzene rings is 1. The van der Waals surface area contributed by atoms with E-state index >= 15 is 0 Å². The van der Waals surface area contributed by atoms with E-state index in [2.05, 4.69) is 0 Å². The fourth-order valence-electron chi connectivity index (χ4n) is 1.75. The fraction of sp³-hybridized carbons (Fsp3) is 0.364. The van der Waals surface area contributed by atoms with Crippen LogP contribution in [0.4, 0.5) is 0 Å². The van der Waals surface area contributed by atoms with Crippen molar-refractivity contribution in [1.29, 1.82) is 0 Å². The zero-order chi connectivity index (χ0) is 11.7. The van der Waals surface area contributed by atoms with Crippen LogP contribution in [-0.2, 0) is 9.47 Å². The maximum Gasteiger partial charge on any atom is 0.345 e. The van der Waals surface area contributed by atoms with Crippen molar-refractivity contribution in [3.63, 3.8) is 0 Å². The monoisotopic (exact) mass is 224 g/mol. The third-order valence-corrected chi connectivity index (χ3v) is 2.48. The second-order valence-electron chi connectivity index (χ2n) is 3.23. The number of carbonyl (C=O) groups excluding carboxylic acids is 1. The van der Waals surface area contributed by atoms with Gasteiger partial charge in [-0.25, -0.2) is 4.79 Å². The molecule has 1 aliphatic heterocycles. The topological polar surface area (TPSA) is 54.0 Å². The first kappa shape index (κ1) is 10.8. The summed E-state index contributed by atoms with van der Waals surface area (Å²) in [6, 6.07) is 3.38. The Bertz CT molecular complexity index is 427. The second kappa shape index (κ2) is 4.02. The molecule has 1 aromatic rings. The molecule has 0 radical (unpaired) electrons. The Morgan fingerprint density at radius 3 is 2.31 bits per heavy atom. The summed E-state index contributed by atoms with van der Waals surface area (Å²) in [6.07, 6.45) is -0.729. The molecule has 1 atom stereocenters. The standard InChI is InChI=1S/C11H12O5/c1-13-6-4-5-7(14-2)9-8(6)10(12)16-11(9)15-3/h4-5,11H,1-3H3. The molecule has 1 unspecified atom stereocenters. The van der Waals surface area contributed by atoms with Gasteiger partial charge in [-0.15, -0.1) is 0 Å². The van der Waals surface area contributed by atoms with E-state index < -0.39 is 12.3 Å². The largest absolute Gasteiger partial charge is 0.496 e. The minimum absolute atomic E-state index is 0.369. The van der Waals surface area contributed by atoms with Gasteiger partial charge in [-0.3, -0.25) is 0 Å². The number of esters is 1. The summed E-state index contributed by atoms with van der Waals surface area (Å²) in [5.41, 5.74) is 0.947. The highest BCUT2D eigenvalue weighted by molar-refractivity contribution is 5.97. The van der Waals surface area contributed by atoms with Gasteiger partial charge in [0.25, 0.3) is 0 Å². The smallest absolute Gasteiger partial charge is 0.345 e. The van der Waals surface area contributed by atoms with Gasteiger partial charge in [0.2, 0.25) is 6.29 Å². The van der Waals surface area contributed by atoms with E-state index in [9.17, 15) is 4.79 Å². The quantitative estimate of drug-likeness (QED) is 0.728. The molecule has 5 nitrogen and oxygen atoms in total. The number of rotatable bonds is 3. The van der Waals surface area contributed by atoms with Crippen LogP contribution in [0.25, 0.3) is 0 Å². The molecule has 5 heteroatoms. The van der Waals surface area contributed by atoms with Crippen LogP contribution in [0.5, 0.6) is 11.5 Å². The SMILES string of the molecule is COc1ccc(OC)c2c1C(=O)OC2OC. The second-order valence-corrected chi connectivity index (χ2v) is 3.23. The normalized spacial score (nSPS) is 17.9. The highest BCUT2D eigenvalue weighted by atomic mass is 16.7. The van der Waals surface area contributed by atoms with E-state index in [1.54, 1.807) is 12.1 Å². The van der Waals surface area contributed by atoms with E-state index in [-0.39, 0.29) is 0 Å². The molecule has 0 aromatic heterocycles. The van der Waals surface area contributed by atoms with Crippen LogP contribution in [0, 0.1) is 0 Å². The molecule has 0 fully saturated rings. The first-order chi connectivity index (χ1) is 7.72. The summed E-state index contributed by atoms with van der Waals surface area (Å²) in [5, 5.41) is 0. The summed E-state index contributed by atoms with van der Waals surface area (Å²) in [7, 11) is 4.49. The molecule has 2 rings (SSSR count). The molecule has 1 aliphatic rings. The highest BCUT2D eigenvalue weighted by Crippen LogP contribution is 2.42. The van der Waals surface area contributed by atoms with Crippen LogP contribution in [0.15, 0.2) is 12.1 Å². The number of hydrogen-bond donors (Lipinski definition) is 0. The van der Waals surface area contributed by atoms with Crippen LogP contribution in [0.3, 0.4) is 0 Å². The van der Waals surface area contributed by atoms with Crippen molar-refractivity contribution in [1.82, 2.24) is 0 Å². The van der Waals surface area contributed by atoms with Gasteiger partial charge >= 0.3 is 5.97 Å². The number of fused-ring (bicyclic) bond motifs is 1. The summed E-state index contributed by atoms with van der Waals surface area (Å²) in [5.74, 6) is 0.548. The average Bonchev–Trinajstić information content (AvgIpc) is 2.66. The number of carbonyl (C=O) groups is 1. The Hall–Kier alpha value is -1.75. The fourth-order valence-corrected chi connectivity index (χ4v) is 1.75. The molecule has 1 aromatic carbocycles. The number of methoxy groups -OCH3 is 3. The summed E-state index contributed by atoms with van der Waals surface area (Å²) >= 11 is 0. The van der Waals surface area contributed by atoms with Crippen LogP contribution < -0.4 is 9.47 Å². The lowest BCUT2D eigenvalue weighted by molar-refractivity contribution is -0.0823. The van der Waals surface area contributed by atoms with Crippen molar-refractivity contribution >= 4 is 5.97 Å². The van der Waals surface area contributed by atoms with Gasteiger partial charge in [-0.2, -0.15) is 0 Å². The third kappa shape index (κ3) is 1.40. The molecule has 16 heavy (non-hydrogen) atoms. The molecular formula is C11H12O5. The summed E-state index contributed by atoms with van der Waals surface area (Å²) < 4.78 is 20.4. The minimum atomic E-state index is -0.729. The van der Waals surface area contributed by atoms with Gasteiger partial charge < -0.3 is 18.9 Å². The van der Waals surface area contributed by atoms with Crippen LogP contribution in [0.1, 0.15) is 22.2 Å². The molecule has 0 amide bonds.